The molecule has 1 aromatic carbocycles. The minimum Gasteiger partial charge on any atom is -0.351 e. The van der Waals surface area contributed by atoms with E-state index in [9.17, 15) is 4.79 Å². The van der Waals surface area contributed by atoms with Crippen LogP contribution in [0.5, 0.6) is 0 Å². The standard InChI is InChI=1S/C17H20N6O.HI/c1-4-13-6-5-7-14(10-13)22-16(24)12-20-17(18-2)19-11-15-8-9-21-23(15)3;/h1,5-10H,11-12H2,2-3H3,(H,22,24)(H2,18,19,20);1H. The highest BCUT2D eigenvalue weighted by molar-refractivity contribution is 14.0. The van der Waals surface area contributed by atoms with Crippen molar-refractivity contribution in [3.8, 4) is 12.3 Å². The third-order valence-corrected chi connectivity index (χ3v) is 3.31. The molecule has 1 amide bonds. The number of guanidine groups is 1. The molecule has 25 heavy (non-hydrogen) atoms. The summed E-state index contributed by atoms with van der Waals surface area (Å²) in [6.07, 6.45) is 7.07. The molecule has 0 bridgehead atoms. The predicted octanol–water partition coefficient (Wildman–Crippen LogP) is 1.32. The Morgan fingerprint density at radius 3 is 2.80 bits per heavy atom. The fourth-order valence-corrected chi connectivity index (χ4v) is 2.03. The average Bonchev–Trinajstić information content (AvgIpc) is 3.00. The van der Waals surface area contributed by atoms with Gasteiger partial charge in [-0.3, -0.25) is 14.5 Å². The minimum atomic E-state index is -0.187. The number of aryl methyl sites for hydroxylation is 1. The van der Waals surface area contributed by atoms with Gasteiger partial charge < -0.3 is 16.0 Å². The highest BCUT2D eigenvalue weighted by Crippen LogP contribution is 2.09. The van der Waals surface area contributed by atoms with Gasteiger partial charge in [-0.2, -0.15) is 5.10 Å². The molecule has 3 N–H and O–H groups in total. The molecule has 0 fully saturated rings. The molecular formula is C17H21IN6O. The van der Waals surface area contributed by atoms with Crippen LogP contribution in [0.4, 0.5) is 5.69 Å². The van der Waals surface area contributed by atoms with E-state index in [0.29, 0.717) is 18.2 Å². The van der Waals surface area contributed by atoms with Crippen LogP contribution in [0.1, 0.15) is 11.3 Å². The Kier molecular flexibility index (Phi) is 8.49. The summed E-state index contributed by atoms with van der Waals surface area (Å²) in [4.78, 5) is 16.1. The Balaban J connectivity index is 0.00000312. The molecule has 1 heterocycles. The van der Waals surface area contributed by atoms with E-state index in [1.807, 2.05) is 13.1 Å². The molecule has 2 aromatic rings. The van der Waals surface area contributed by atoms with Gasteiger partial charge in [0, 0.05) is 31.5 Å². The summed E-state index contributed by atoms with van der Waals surface area (Å²) in [5, 5.41) is 13.0. The molecule has 1 aromatic heterocycles. The Bertz CT molecular complexity index is 777. The summed E-state index contributed by atoms with van der Waals surface area (Å²) in [6.45, 7) is 0.646. The lowest BCUT2D eigenvalue weighted by molar-refractivity contribution is -0.115. The van der Waals surface area contributed by atoms with Gasteiger partial charge in [-0.05, 0) is 24.3 Å². The van der Waals surface area contributed by atoms with Crippen LogP contribution in [-0.4, -0.2) is 35.2 Å². The average molecular weight is 452 g/mol. The molecule has 0 spiro atoms. The molecule has 0 atom stereocenters. The molecule has 0 saturated heterocycles. The van der Waals surface area contributed by atoms with Gasteiger partial charge in [0.2, 0.25) is 5.91 Å². The number of halogens is 1. The molecule has 8 heteroatoms. The maximum Gasteiger partial charge on any atom is 0.243 e. The summed E-state index contributed by atoms with van der Waals surface area (Å²) in [5.74, 6) is 2.88. The number of nitrogens with one attached hydrogen (secondary N) is 3. The summed E-state index contributed by atoms with van der Waals surface area (Å²) in [7, 11) is 3.51. The fourth-order valence-electron chi connectivity index (χ4n) is 2.03. The second-order valence-corrected chi connectivity index (χ2v) is 5.00. The zero-order valence-electron chi connectivity index (χ0n) is 14.1. The second-order valence-electron chi connectivity index (χ2n) is 5.00. The van der Waals surface area contributed by atoms with Crippen molar-refractivity contribution < 1.29 is 4.79 Å². The molecule has 7 nitrogen and oxygen atoms in total. The summed E-state index contributed by atoms with van der Waals surface area (Å²) >= 11 is 0. The van der Waals surface area contributed by atoms with Crippen LogP contribution in [0, 0.1) is 12.3 Å². The lowest BCUT2D eigenvalue weighted by atomic mass is 10.2. The molecule has 0 aliphatic heterocycles. The van der Waals surface area contributed by atoms with Crippen LogP contribution in [0.3, 0.4) is 0 Å². The van der Waals surface area contributed by atoms with Crippen LogP contribution in [0.25, 0.3) is 0 Å². The highest BCUT2D eigenvalue weighted by atomic mass is 127. The Morgan fingerprint density at radius 1 is 1.36 bits per heavy atom. The van der Waals surface area contributed by atoms with Crippen LogP contribution in [-0.2, 0) is 18.4 Å². The van der Waals surface area contributed by atoms with Gasteiger partial charge in [-0.1, -0.05) is 12.0 Å². The van der Waals surface area contributed by atoms with Gasteiger partial charge in [0.05, 0.1) is 18.8 Å². The van der Waals surface area contributed by atoms with Crippen molar-refractivity contribution in [2.75, 3.05) is 18.9 Å². The van der Waals surface area contributed by atoms with Crippen LogP contribution in [0.2, 0.25) is 0 Å². The molecule has 0 radical (unpaired) electrons. The van der Waals surface area contributed by atoms with Gasteiger partial charge in [0.1, 0.15) is 0 Å². The van der Waals surface area contributed by atoms with Crippen molar-refractivity contribution in [3.63, 3.8) is 0 Å². The maximum atomic E-state index is 12.0. The summed E-state index contributed by atoms with van der Waals surface area (Å²) in [5.41, 5.74) is 2.39. The quantitative estimate of drug-likeness (QED) is 0.277. The molecule has 0 saturated carbocycles. The maximum absolute atomic E-state index is 12.0. The number of terminal acetylenes is 1. The van der Waals surface area contributed by atoms with E-state index in [1.54, 1.807) is 42.2 Å². The van der Waals surface area contributed by atoms with E-state index < -0.39 is 0 Å². The van der Waals surface area contributed by atoms with E-state index in [0.717, 1.165) is 11.3 Å². The fraction of sp³-hybridized carbons (Fsp3) is 0.235. The first-order valence-corrected chi connectivity index (χ1v) is 7.40. The van der Waals surface area contributed by atoms with Crippen molar-refractivity contribution in [1.82, 2.24) is 20.4 Å². The normalized spacial score (nSPS) is 10.4. The van der Waals surface area contributed by atoms with Crippen molar-refractivity contribution in [1.29, 1.82) is 0 Å². The number of rotatable bonds is 5. The first-order chi connectivity index (χ1) is 11.6. The number of hydrogen-bond donors (Lipinski definition) is 3. The smallest absolute Gasteiger partial charge is 0.243 e. The van der Waals surface area contributed by atoms with E-state index in [4.69, 9.17) is 6.42 Å². The van der Waals surface area contributed by atoms with Crippen molar-refractivity contribution in [2.24, 2.45) is 12.0 Å². The van der Waals surface area contributed by atoms with Crippen LogP contribution >= 0.6 is 24.0 Å². The van der Waals surface area contributed by atoms with Crippen molar-refractivity contribution >= 4 is 41.5 Å². The zero-order valence-corrected chi connectivity index (χ0v) is 16.4. The second kappa shape index (κ2) is 10.4. The number of amides is 1. The third-order valence-electron chi connectivity index (χ3n) is 3.31. The molecule has 132 valence electrons. The predicted molar refractivity (Wildman–Crippen MR) is 110 cm³/mol. The van der Waals surface area contributed by atoms with Crippen LogP contribution < -0.4 is 16.0 Å². The Morgan fingerprint density at radius 2 is 2.16 bits per heavy atom. The van der Waals surface area contributed by atoms with Gasteiger partial charge in [-0.25, -0.2) is 0 Å². The Hall–Kier alpha value is -2.54. The lowest BCUT2D eigenvalue weighted by Gasteiger charge is -2.12. The number of nitrogens with zero attached hydrogens (tertiary/aromatic N) is 3. The highest BCUT2D eigenvalue weighted by Gasteiger charge is 2.05. The number of benzene rings is 1. The van der Waals surface area contributed by atoms with Crippen LogP contribution in [0.15, 0.2) is 41.5 Å². The van der Waals surface area contributed by atoms with E-state index in [-0.39, 0.29) is 36.4 Å². The van der Waals surface area contributed by atoms with Gasteiger partial charge in [0.15, 0.2) is 5.96 Å². The molecule has 2 rings (SSSR count). The number of aromatic nitrogens is 2. The number of hydrogen-bond acceptors (Lipinski definition) is 3. The van der Waals surface area contributed by atoms with Crippen molar-refractivity contribution in [3.05, 3.63) is 47.8 Å². The summed E-state index contributed by atoms with van der Waals surface area (Å²) in [6, 6.07) is 9.04. The first-order valence-electron chi connectivity index (χ1n) is 7.40. The summed E-state index contributed by atoms with van der Waals surface area (Å²) < 4.78 is 1.77. The third kappa shape index (κ3) is 6.46. The van der Waals surface area contributed by atoms with E-state index in [1.165, 1.54) is 0 Å². The monoisotopic (exact) mass is 452 g/mol. The van der Waals surface area contributed by atoms with Gasteiger partial charge >= 0.3 is 0 Å². The molecule has 0 unspecified atom stereocenters. The number of aliphatic imine (C=N–C) groups is 1. The van der Waals surface area contributed by atoms with Gasteiger partial charge in [-0.15, -0.1) is 30.4 Å². The SMILES string of the molecule is C#Cc1cccc(NC(=O)CNC(=NC)NCc2ccnn2C)c1.I. The minimum absolute atomic E-state index is 0. The molecule has 0 aliphatic rings. The number of anilines is 1. The first kappa shape index (κ1) is 20.5. The molecule has 0 aliphatic carbocycles. The van der Waals surface area contributed by atoms with Gasteiger partial charge in [0.25, 0.3) is 0 Å². The zero-order chi connectivity index (χ0) is 17.4. The number of carbonyl (C=O) groups is 1. The Labute approximate surface area is 164 Å². The lowest BCUT2D eigenvalue weighted by Crippen LogP contribution is -2.41. The topological polar surface area (TPSA) is 83.3 Å². The van der Waals surface area contributed by atoms with E-state index >= 15 is 0 Å². The van der Waals surface area contributed by atoms with E-state index in [2.05, 4.69) is 32.0 Å². The molecular weight excluding hydrogens is 431 g/mol. The largest absolute Gasteiger partial charge is 0.351 e. The number of carbonyl (C=O) groups excluding carboxylic acids is 1. The van der Waals surface area contributed by atoms with Crippen molar-refractivity contribution in [2.45, 2.75) is 6.54 Å².